The molecule has 2 aromatic rings. The number of hydrogen-bond donors (Lipinski definition) is 2. The summed E-state index contributed by atoms with van der Waals surface area (Å²) in [5, 5.41) is 7.29. The van der Waals surface area contributed by atoms with Crippen LogP contribution in [0.3, 0.4) is 0 Å². The molecule has 0 radical (unpaired) electrons. The number of amidine groups is 1. The number of nitrogens with two attached hydrogens (primary N) is 1. The highest BCUT2D eigenvalue weighted by Crippen LogP contribution is 2.32. The molecular weight excluding hydrogens is 318 g/mol. The van der Waals surface area contributed by atoms with E-state index in [9.17, 15) is 8.78 Å². The van der Waals surface area contributed by atoms with E-state index in [0.29, 0.717) is 15.8 Å². The molecule has 0 aliphatic heterocycles. The van der Waals surface area contributed by atoms with E-state index in [2.05, 4.69) is 15.9 Å². The van der Waals surface area contributed by atoms with Crippen LogP contribution in [0.15, 0.2) is 40.9 Å². The van der Waals surface area contributed by atoms with Gasteiger partial charge in [0.05, 0.1) is 4.47 Å². The first-order chi connectivity index (χ1) is 8.97. The largest absolute Gasteiger partial charge is 0.453 e. The van der Waals surface area contributed by atoms with Crippen LogP contribution in [0.5, 0.6) is 11.5 Å². The fraction of sp³-hybridized carbons (Fsp3) is 0. The molecular formula is C13H9BrF2N2O. The van der Waals surface area contributed by atoms with Crippen molar-refractivity contribution in [1.82, 2.24) is 0 Å². The molecule has 0 aliphatic rings. The van der Waals surface area contributed by atoms with Crippen molar-refractivity contribution < 1.29 is 13.5 Å². The Morgan fingerprint density at radius 3 is 2.47 bits per heavy atom. The Hall–Kier alpha value is -1.95. The highest BCUT2D eigenvalue weighted by atomic mass is 79.9. The molecule has 0 bridgehead atoms. The van der Waals surface area contributed by atoms with Gasteiger partial charge in [0, 0.05) is 11.6 Å². The van der Waals surface area contributed by atoms with Gasteiger partial charge >= 0.3 is 0 Å². The lowest BCUT2D eigenvalue weighted by Gasteiger charge is -2.09. The summed E-state index contributed by atoms with van der Waals surface area (Å²) in [7, 11) is 0. The smallest absolute Gasteiger partial charge is 0.166 e. The summed E-state index contributed by atoms with van der Waals surface area (Å²) in [4.78, 5) is 0. The monoisotopic (exact) mass is 326 g/mol. The topological polar surface area (TPSA) is 59.1 Å². The summed E-state index contributed by atoms with van der Waals surface area (Å²) in [6.45, 7) is 0. The maximum absolute atomic E-state index is 13.4. The number of ether oxygens (including phenoxy) is 1. The van der Waals surface area contributed by atoms with E-state index < -0.39 is 11.6 Å². The summed E-state index contributed by atoms with van der Waals surface area (Å²) in [5.74, 6) is -1.26. The fourth-order valence-corrected chi connectivity index (χ4v) is 1.88. The van der Waals surface area contributed by atoms with Crippen molar-refractivity contribution in [2.75, 3.05) is 0 Å². The van der Waals surface area contributed by atoms with Gasteiger partial charge < -0.3 is 10.5 Å². The molecule has 0 fully saturated rings. The van der Waals surface area contributed by atoms with Crippen LogP contribution in [0, 0.1) is 17.0 Å². The lowest BCUT2D eigenvalue weighted by Crippen LogP contribution is -2.10. The van der Waals surface area contributed by atoms with Crippen molar-refractivity contribution in [1.29, 1.82) is 5.41 Å². The Labute approximate surface area is 116 Å². The van der Waals surface area contributed by atoms with Crippen molar-refractivity contribution in [2.45, 2.75) is 0 Å². The molecule has 0 atom stereocenters. The van der Waals surface area contributed by atoms with E-state index in [4.69, 9.17) is 15.9 Å². The molecule has 2 rings (SSSR count). The SMILES string of the molecule is N=C(N)c1ccc(Oc2cc(F)ccc2F)c(Br)c1. The first kappa shape index (κ1) is 13.5. The maximum Gasteiger partial charge on any atom is 0.166 e. The molecule has 0 saturated heterocycles. The third kappa shape index (κ3) is 3.08. The van der Waals surface area contributed by atoms with Gasteiger partial charge in [0.15, 0.2) is 11.6 Å². The fourth-order valence-electron chi connectivity index (χ4n) is 1.43. The standard InChI is InChI=1S/C13H9BrF2N2O/c14-9-5-7(13(17)18)1-4-11(9)19-12-6-8(15)2-3-10(12)16/h1-6H,(H3,17,18). The molecule has 0 amide bonds. The zero-order chi connectivity index (χ0) is 14.0. The minimum absolute atomic E-state index is 0.0933. The van der Waals surface area contributed by atoms with Crippen LogP contribution in [-0.2, 0) is 0 Å². The maximum atomic E-state index is 13.4. The summed E-state index contributed by atoms with van der Waals surface area (Å²) in [6, 6.07) is 7.60. The van der Waals surface area contributed by atoms with Gasteiger partial charge in [0.1, 0.15) is 17.4 Å². The molecule has 0 unspecified atom stereocenters. The van der Waals surface area contributed by atoms with E-state index in [-0.39, 0.29) is 11.6 Å². The average Bonchev–Trinajstić information content (AvgIpc) is 2.36. The predicted octanol–water partition coefficient (Wildman–Crippen LogP) is 3.80. The van der Waals surface area contributed by atoms with Gasteiger partial charge in [-0.05, 0) is 46.3 Å². The van der Waals surface area contributed by atoms with Gasteiger partial charge in [-0.2, -0.15) is 0 Å². The zero-order valence-corrected chi connectivity index (χ0v) is 11.2. The number of hydrogen-bond acceptors (Lipinski definition) is 2. The summed E-state index contributed by atoms with van der Waals surface area (Å²) < 4.78 is 32.2. The van der Waals surface area contributed by atoms with Gasteiger partial charge in [-0.3, -0.25) is 5.41 Å². The minimum atomic E-state index is -0.663. The molecule has 98 valence electrons. The number of benzene rings is 2. The van der Waals surface area contributed by atoms with Crippen molar-refractivity contribution in [2.24, 2.45) is 5.73 Å². The third-order valence-corrected chi connectivity index (χ3v) is 2.98. The van der Waals surface area contributed by atoms with Gasteiger partial charge in [-0.15, -0.1) is 0 Å². The van der Waals surface area contributed by atoms with Crippen LogP contribution in [0.2, 0.25) is 0 Å². The highest BCUT2D eigenvalue weighted by molar-refractivity contribution is 9.10. The molecule has 0 heterocycles. The molecule has 2 aromatic carbocycles. The van der Waals surface area contributed by atoms with Crippen molar-refractivity contribution in [3.05, 3.63) is 58.1 Å². The molecule has 19 heavy (non-hydrogen) atoms. The van der Waals surface area contributed by atoms with Crippen molar-refractivity contribution >= 4 is 21.8 Å². The molecule has 6 heteroatoms. The normalized spacial score (nSPS) is 10.3. The summed E-state index contributed by atoms with van der Waals surface area (Å²) in [6.07, 6.45) is 0. The first-order valence-corrected chi connectivity index (χ1v) is 6.03. The van der Waals surface area contributed by atoms with Crippen LogP contribution >= 0.6 is 15.9 Å². The van der Waals surface area contributed by atoms with Gasteiger partial charge in [-0.1, -0.05) is 0 Å². The van der Waals surface area contributed by atoms with Crippen LogP contribution in [0.4, 0.5) is 8.78 Å². The van der Waals surface area contributed by atoms with Crippen LogP contribution in [0.1, 0.15) is 5.56 Å². The Morgan fingerprint density at radius 1 is 1.11 bits per heavy atom. The summed E-state index contributed by atoms with van der Waals surface area (Å²) in [5.41, 5.74) is 5.84. The molecule has 0 aromatic heterocycles. The second-order valence-corrected chi connectivity index (χ2v) is 4.59. The molecule has 0 saturated carbocycles. The van der Waals surface area contributed by atoms with Crippen molar-refractivity contribution in [3.8, 4) is 11.5 Å². The number of rotatable bonds is 3. The van der Waals surface area contributed by atoms with E-state index >= 15 is 0 Å². The Kier molecular flexibility index (Phi) is 3.80. The zero-order valence-electron chi connectivity index (χ0n) is 9.58. The predicted molar refractivity (Wildman–Crippen MR) is 71.6 cm³/mol. The average molecular weight is 327 g/mol. The third-order valence-electron chi connectivity index (χ3n) is 2.36. The number of nitrogens with one attached hydrogen (secondary N) is 1. The number of halogens is 3. The quantitative estimate of drug-likeness (QED) is 0.665. The van der Waals surface area contributed by atoms with Crippen molar-refractivity contribution in [3.63, 3.8) is 0 Å². The van der Waals surface area contributed by atoms with Gasteiger partial charge in [-0.25, -0.2) is 8.78 Å². The Morgan fingerprint density at radius 2 is 1.84 bits per heavy atom. The lowest BCUT2D eigenvalue weighted by molar-refractivity contribution is 0.434. The van der Waals surface area contributed by atoms with E-state index in [0.717, 1.165) is 18.2 Å². The number of nitrogen functional groups attached to an aromatic ring is 1. The Balaban J connectivity index is 2.33. The van der Waals surface area contributed by atoms with E-state index in [1.807, 2.05) is 0 Å². The van der Waals surface area contributed by atoms with Gasteiger partial charge in [0.25, 0.3) is 0 Å². The molecule has 3 nitrogen and oxygen atoms in total. The van der Waals surface area contributed by atoms with Gasteiger partial charge in [0.2, 0.25) is 0 Å². The van der Waals surface area contributed by atoms with E-state index in [1.54, 1.807) is 12.1 Å². The van der Waals surface area contributed by atoms with Crippen LogP contribution < -0.4 is 10.5 Å². The highest BCUT2D eigenvalue weighted by Gasteiger charge is 2.10. The van der Waals surface area contributed by atoms with E-state index in [1.165, 1.54) is 6.07 Å². The summed E-state index contributed by atoms with van der Waals surface area (Å²) >= 11 is 3.22. The van der Waals surface area contributed by atoms with Crippen LogP contribution in [-0.4, -0.2) is 5.84 Å². The second-order valence-electron chi connectivity index (χ2n) is 3.74. The molecule has 3 N–H and O–H groups in total. The van der Waals surface area contributed by atoms with Crippen LogP contribution in [0.25, 0.3) is 0 Å². The molecule has 0 aliphatic carbocycles. The molecule has 0 spiro atoms. The first-order valence-electron chi connectivity index (χ1n) is 5.24. The lowest BCUT2D eigenvalue weighted by atomic mass is 10.2. The second kappa shape index (κ2) is 5.36. The minimum Gasteiger partial charge on any atom is -0.453 e. The Bertz CT molecular complexity index is 647.